The number of anilines is 2. The molecular formula is C22H31N5O. The molecule has 0 bridgehead atoms. The Balaban J connectivity index is 1.60. The zero-order chi connectivity index (χ0) is 19.9. The van der Waals surface area contributed by atoms with Crippen molar-refractivity contribution in [3.05, 3.63) is 47.8 Å². The fourth-order valence-corrected chi connectivity index (χ4v) is 3.62. The van der Waals surface area contributed by atoms with Crippen molar-refractivity contribution >= 4 is 17.5 Å². The summed E-state index contributed by atoms with van der Waals surface area (Å²) in [6.07, 6.45) is 5.26. The molecule has 0 radical (unpaired) electrons. The highest BCUT2D eigenvalue weighted by Gasteiger charge is 2.20. The van der Waals surface area contributed by atoms with Crippen LogP contribution >= 0.6 is 0 Å². The van der Waals surface area contributed by atoms with Crippen LogP contribution in [0.2, 0.25) is 0 Å². The molecule has 1 aliphatic rings. The van der Waals surface area contributed by atoms with E-state index < -0.39 is 0 Å². The summed E-state index contributed by atoms with van der Waals surface area (Å²) >= 11 is 0. The van der Waals surface area contributed by atoms with Gasteiger partial charge in [0, 0.05) is 57.3 Å². The molecule has 0 spiro atoms. The average molecular weight is 382 g/mol. The van der Waals surface area contributed by atoms with Gasteiger partial charge in [0.05, 0.1) is 5.56 Å². The van der Waals surface area contributed by atoms with Gasteiger partial charge in [-0.05, 0) is 37.5 Å². The number of carbonyl (C=O) groups is 1. The van der Waals surface area contributed by atoms with Crippen LogP contribution in [0.15, 0.2) is 36.7 Å². The minimum Gasteiger partial charge on any atom is -0.368 e. The minimum absolute atomic E-state index is 0.0273. The molecule has 0 N–H and O–H groups in total. The van der Waals surface area contributed by atoms with E-state index in [1.807, 2.05) is 4.90 Å². The lowest BCUT2D eigenvalue weighted by molar-refractivity contribution is 0.0754. The average Bonchev–Trinajstić information content (AvgIpc) is 2.73. The quantitative estimate of drug-likeness (QED) is 0.736. The first-order valence-corrected chi connectivity index (χ1v) is 10.3. The summed E-state index contributed by atoms with van der Waals surface area (Å²) in [5, 5.41) is 0. The second kappa shape index (κ2) is 9.53. The zero-order valence-corrected chi connectivity index (χ0v) is 17.3. The summed E-state index contributed by atoms with van der Waals surface area (Å²) in [5.41, 5.74) is 3.13. The van der Waals surface area contributed by atoms with Gasteiger partial charge in [-0.3, -0.25) is 4.79 Å². The molecule has 1 aliphatic heterocycles. The van der Waals surface area contributed by atoms with Crippen molar-refractivity contribution in [3.8, 4) is 0 Å². The molecule has 6 nitrogen and oxygen atoms in total. The Labute approximate surface area is 168 Å². The second-order valence-corrected chi connectivity index (χ2v) is 7.38. The van der Waals surface area contributed by atoms with Gasteiger partial charge in [0.1, 0.15) is 0 Å². The van der Waals surface area contributed by atoms with E-state index in [2.05, 4.69) is 64.8 Å². The van der Waals surface area contributed by atoms with Gasteiger partial charge in [-0.1, -0.05) is 26.0 Å². The molecule has 0 unspecified atom stereocenters. The number of benzene rings is 1. The highest BCUT2D eigenvalue weighted by atomic mass is 16.2. The first kappa shape index (κ1) is 20.1. The van der Waals surface area contributed by atoms with Gasteiger partial charge >= 0.3 is 0 Å². The number of nitrogens with zero attached hydrogens (tertiary/aromatic N) is 5. The third-order valence-corrected chi connectivity index (χ3v) is 5.09. The molecule has 2 heterocycles. The van der Waals surface area contributed by atoms with Crippen molar-refractivity contribution in [2.45, 2.75) is 33.6 Å². The van der Waals surface area contributed by atoms with Crippen LogP contribution < -0.4 is 9.80 Å². The van der Waals surface area contributed by atoms with E-state index in [0.29, 0.717) is 11.5 Å². The Morgan fingerprint density at radius 2 is 1.61 bits per heavy atom. The van der Waals surface area contributed by atoms with E-state index in [4.69, 9.17) is 0 Å². The van der Waals surface area contributed by atoms with E-state index in [9.17, 15) is 4.79 Å². The maximum Gasteiger partial charge on any atom is 0.256 e. The van der Waals surface area contributed by atoms with Crippen molar-refractivity contribution < 1.29 is 4.79 Å². The molecule has 1 saturated heterocycles. The molecule has 1 aromatic heterocycles. The largest absolute Gasteiger partial charge is 0.368 e. The van der Waals surface area contributed by atoms with Crippen LogP contribution in [0.4, 0.5) is 11.6 Å². The number of carbonyl (C=O) groups excluding carboxylic acids is 1. The third-order valence-electron chi connectivity index (χ3n) is 5.09. The smallest absolute Gasteiger partial charge is 0.256 e. The number of hydrogen-bond donors (Lipinski definition) is 0. The SMILES string of the molecule is CCCN(CCC)C(=O)c1cnc(N2CCN(c3cccc(C)c3)CC2)nc1. The molecule has 0 atom stereocenters. The lowest BCUT2D eigenvalue weighted by Crippen LogP contribution is -2.47. The molecule has 6 heteroatoms. The molecule has 28 heavy (non-hydrogen) atoms. The predicted octanol–water partition coefficient (Wildman–Crippen LogP) is 3.37. The lowest BCUT2D eigenvalue weighted by Gasteiger charge is -2.36. The van der Waals surface area contributed by atoms with Gasteiger partial charge in [-0.25, -0.2) is 9.97 Å². The van der Waals surface area contributed by atoms with E-state index in [1.54, 1.807) is 12.4 Å². The number of hydrogen-bond acceptors (Lipinski definition) is 5. The van der Waals surface area contributed by atoms with Crippen LogP contribution in [-0.4, -0.2) is 60.0 Å². The standard InChI is InChI=1S/C22H31N5O/c1-4-9-26(10-5-2)21(28)19-16-23-22(24-17-19)27-13-11-25(12-14-27)20-8-6-7-18(3)15-20/h6-8,15-17H,4-5,9-14H2,1-3H3. The molecule has 0 saturated carbocycles. The molecule has 3 rings (SSSR count). The highest BCUT2D eigenvalue weighted by molar-refractivity contribution is 5.93. The summed E-state index contributed by atoms with van der Waals surface area (Å²) in [7, 11) is 0. The minimum atomic E-state index is 0.0273. The summed E-state index contributed by atoms with van der Waals surface area (Å²) in [6, 6.07) is 8.62. The van der Waals surface area contributed by atoms with Crippen molar-refractivity contribution in [2.75, 3.05) is 49.1 Å². The Morgan fingerprint density at radius 3 is 2.18 bits per heavy atom. The fraction of sp³-hybridized carbons (Fsp3) is 0.500. The van der Waals surface area contributed by atoms with Crippen LogP contribution in [-0.2, 0) is 0 Å². The molecule has 1 amide bonds. The number of rotatable bonds is 7. The van der Waals surface area contributed by atoms with Crippen molar-refractivity contribution in [1.29, 1.82) is 0 Å². The first-order chi connectivity index (χ1) is 13.6. The topological polar surface area (TPSA) is 52.6 Å². The van der Waals surface area contributed by atoms with Crippen LogP contribution in [0, 0.1) is 6.92 Å². The summed E-state index contributed by atoms with van der Waals surface area (Å²) in [4.78, 5) is 28.1. The maximum absolute atomic E-state index is 12.7. The molecule has 1 fully saturated rings. The van der Waals surface area contributed by atoms with Crippen molar-refractivity contribution in [3.63, 3.8) is 0 Å². The van der Waals surface area contributed by atoms with Crippen LogP contribution in [0.1, 0.15) is 42.6 Å². The Hall–Kier alpha value is -2.63. The number of piperazine rings is 1. The summed E-state index contributed by atoms with van der Waals surface area (Å²) in [5.74, 6) is 0.734. The Bertz CT molecular complexity index is 763. The van der Waals surface area contributed by atoms with E-state index >= 15 is 0 Å². The molecule has 2 aromatic rings. The number of amides is 1. The predicted molar refractivity (Wildman–Crippen MR) is 114 cm³/mol. The molecule has 1 aromatic carbocycles. The van der Waals surface area contributed by atoms with Crippen LogP contribution in [0.5, 0.6) is 0 Å². The van der Waals surface area contributed by atoms with Crippen LogP contribution in [0.3, 0.4) is 0 Å². The van der Waals surface area contributed by atoms with Gasteiger partial charge in [0.2, 0.25) is 5.95 Å². The van der Waals surface area contributed by atoms with Gasteiger partial charge in [-0.2, -0.15) is 0 Å². The summed E-state index contributed by atoms with van der Waals surface area (Å²) < 4.78 is 0. The first-order valence-electron chi connectivity index (χ1n) is 10.3. The van der Waals surface area contributed by atoms with Gasteiger partial charge < -0.3 is 14.7 Å². The molecule has 0 aliphatic carbocycles. The zero-order valence-electron chi connectivity index (χ0n) is 17.3. The molecule has 150 valence electrons. The Kier molecular flexibility index (Phi) is 6.85. The normalized spacial score (nSPS) is 14.2. The second-order valence-electron chi connectivity index (χ2n) is 7.38. The fourth-order valence-electron chi connectivity index (χ4n) is 3.62. The van der Waals surface area contributed by atoms with E-state index in [1.165, 1.54) is 11.3 Å². The van der Waals surface area contributed by atoms with E-state index in [-0.39, 0.29) is 5.91 Å². The van der Waals surface area contributed by atoms with Crippen LogP contribution in [0.25, 0.3) is 0 Å². The van der Waals surface area contributed by atoms with Crippen molar-refractivity contribution in [2.24, 2.45) is 0 Å². The third kappa shape index (κ3) is 4.80. The van der Waals surface area contributed by atoms with E-state index in [0.717, 1.165) is 52.1 Å². The monoisotopic (exact) mass is 381 g/mol. The summed E-state index contributed by atoms with van der Waals surface area (Å²) in [6.45, 7) is 11.5. The lowest BCUT2D eigenvalue weighted by atomic mass is 10.2. The van der Waals surface area contributed by atoms with Gasteiger partial charge in [0.25, 0.3) is 5.91 Å². The maximum atomic E-state index is 12.7. The Morgan fingerprint density at radius 1 is 1.00 bits per heavy atom. The molecular weight excluding hydrogens is 350 g/mol. The number of aromatic nitrogens is 2. The number of aryl methyl sites for hydroxylation is 1. The van der Waals surface area contributed by atoms with Gasteiger partial charge in [-0.15, -0.1) is 0 Å². The van der Waals surface area contributed by atoms with Crippen molar-refractivity contribution in [1.82, 2.24) is 14.9 Å². The highest BCUT2D eigenvalue weighted by Crippen LogP contribution is 2.19. The van der Waals surface area contributed by atoms with Gasteiger partial charge in [0.15, 0.2) is 0 Å².